The van der Waals surface area contributed by atoms with Gasteiger partial charge < -0.3 is 10.4 Å². The van der Waals surface area contributed by atoms with Crippen molar-refractivity contribution in [3.05, 3.63) is 35.4 Å². The molecule has 0 bridgehead atoms. The lowest BCUT2D eigenvalue weighted by Crippen LogP contribution is -2.38. The molecule has 2 aliphatic carbocycles. The quantitative estimate of drug-likeness (QED) is 0.839. The Bertz CT molecular complexity index is 409. The maximum atomic E-state index is 9.57. The van der Waals surface area contributed by atoms with E-state index in [0.717, 1.165) is 25.7 Å². The molecule has 2 unspecified atom stereocenters. The molecule has 2 aliphatic rings. The number of hydrogen-bond donors (Lipinski definition) is 2. The van der Waals surface area contributed by atoms with Crippen molar-refractivity contribution in [3.8, 4) is 0 Å². The predicted octanol–water partition coefficient (Wildman–Crippen LogP) is 2.81. The second-order valence-electron chi connectivity index (χ2n) is 6.03. The predicted molar refractivity (Wildman–Crippen MR) is 73.4 cm³/mol. The average molecular weight is 245 g/mol. The van der Waals surface area contributed by atoms with E-state index in [0.29, 0.717) is 18.0 Å². The van der Waals surface area contributed by atoms with Crippen LogP contribution >= 0.6 is 0 Å². The second-order valence-corrected chi connectivity index (χ2v) is 6.03. The van der Waals surface area contributed by atoms with Crippen molar-refractivity contribution >= 4 is 0 Å². The number of nitrogens with one attached hydrogen (secondary N) is 1. The van der Waals surface area contributed by atoms with Crippen LogP contribution in [0.2, 0.25) is 0 Å². The second kappa shape index (κ2) is 5.02. The Morgan fingerprint density at radius 2 is 1.83 bits per heavy atom. The number of aliphatic hydroxyl groups is 1. The fourth-order valence-electron chi connectivity index (χ4n) is 3.55. The van der Waals surface area contributed by atoms with Gasteiger partial charge in [-0.1, -0.05) is 31.2 Å². The van der Waals surface area contributed by atoms with Crippen molar-refractivity contribution < 1.29 is 5.11 Å². The van der Waals surface area contributed by atoms with Crippen molar-refractivity contribution in [1.82, 2.24) is 5.32 Å². The number of rotatable bonds is 2. The highest BCUT2D eigenvalue weighted by atomic mass is 16.3. The molecule has 2 nitrogen and oxygen atoms in total. The first-order valence-corrected chi connectivity index (χ1v) is 7.26. The number of fused-ring (bicyclic) bond motifs is 1. The molecule has 3 rings (SSSR count). The van der Waals surface area contributed by atoms with Crippen LogP contribution < -0.4 is 5.32 Å². The summed E-state index contributed by atoms with van der Waals surface area (Å²) >= 11 is 0. The van der Waals surface area contributed by atoms with Gasteiger partial charge >= 0.3 is 0 Å². The lowest BCUT2D eigenvalue weighted by Gasteiger charge is -2.31. The van der Waals surface area contributed by atoms with Gasteiger partial charge in [0.15, 0.2) is 0 Å². The van der Waals surface area contributed by atoms with E-state index in [9.17, 15) is 5.11 Å². The molecular weight excluding hydrogens is 222 g/mol. The summed E-state index contributed by atoms with van der Waals surface area (Å²) in [6.07, 6.45) is 5.29. The molecule has 98 valence electrons. The Kier molecular flexibility index (Phi) is 3.40. The first-order chi connectivity index (χ1) is 8.74. The normalized spacial score (nSPS) is 35.4. The number of aliphatic hydroxyl groups excluding tert-OH is 1. The summed E-state index contributed by atoms with van der Waals surface area (Å²) in [4.78, 5) is 0. The summed E-state index contributed by atoms with van der Waals surface area (Å²) in [5.74, 6) is 0.689. The van der Waals surface area contributed by atoms with E-state index in [4.69, 9.17) is 0 Å². The Labute approximate surface area is 109 Å². The molecule has 0 saturated heterocycles. The van der Waals surface area contributed by atoms with E-state index in [1.54, 1.807) is 0 Å². The highest BCUT2D eigenvalue weighted by Gasteiger charge is 2.31. The van der Waals surface area contributed by atoms with E-state index >= 15 is 0 Å². The van der Waals surface area contributed by atoms with Crippen LogP contribution in [-0.4, -0.2) is 17.3 Å². The standard InChI is InChI=1S/C16H23NO/c1-11-10-12-4-2-3-5-15(12)16(11)17-13-6-8-14(18)9-7-13/h2-5,11,13-14,16-18H,6-10H2,1H3. The van der Waals surface area contributed by atoms with E-state index in [1.807, 2.05) is 0 Å². The molecule has 1 aromatic carbocycles. The molecule has 1 saturated carbocycles. The minimum absolute atomic E-state index is 0.0589. The summed E-state index contributed by atoms with van der Waals surface area (Å²) in [5.41, 5.74) is 3.01. The van der Waals surface area contributed by atoms with Crippen LogP contribution in [0.1, 0.15) is 49.8 Å². The van der Waals surface area contributed by atoms with Gasteiger partial charge in [0.1, 0.15) is 0 Å². The molecule has 18 heavy (non-hydrogen) atoms. The molecule has 0 heterocycles. The van der Waals surface area contributed by atoms with Gasteiger partial charge in [0.25, 0.3) is 0 Å². The molecule has 0 spiro atoms. The van der Waals surface area contributed by atoms with E-state index in [1.165, 1.54) is 17.5 Å². The SMILES string of the molecule is CC1Cc2ccccc2C1NC1CCC(O)CC1. The molecule has 0 aromatic heterocycles. The molecule has 0 aliphatic heterocycles. The monoisotopic (exact) mass is 245 g/mol. The first kappa shape index (κ1) is 12.2. The van der Waals surface area contributed by atoms with Crippen LogP contribution in [0.3, 0.4) is 0 Å². The Balaban J connectivity index is 1.69. The Morgan fingerprint density at radius 3 is 2.61 bits per heavy atom. The van der Waals surface area contributed by atoms with Gasteiger partial charge in [0, 0.05) is 12.1 Å². The summed E-state index contributed by atoms with van der Waals surface area (Å²) in [7, 11) is 0. The molecule has 2 atom stereocenters. The molecular formula is C16H23NO. The van der Waals surface area contributed by atoms with Crippen molar-refractivity contribution in [3.63, 3.8) is 0 Å². The van der Waals surface area contributed by atoms with Crippen LogP contribution in [0.4, 0.5) is 0 Å². The molecule has 1 aromatic rings. The van der Waals surface area contributed by atoms with Crippen LogP contribution in [-0.2, 0) is 6.42 Å². The summed E-state index contributed by atoms with van der Waals surface area (Å²) in [6, 6.07) is 9.93. The average Bonchev–Trinajstić information content (AvgIpc) is 2.69. The summed E-state index contributed by atoms with van der Waals surface area (Å²) in [6.45, 7) is 2.34. The zero-order valence-electron chi connectivity index (χ0n) is 11.1. The lowest BCUT2D eigenvalue weighted by molar-refractivity contribution is 0.112. The largest absolute Gasteiger partial charge is 0.393 e. The van der Waals surface area contributed by atoms with E-state index < -0.39 is 0 Å². The molecule has 2 N–H and O–H groups in total. The smallest absolute Gasteiger partial charge is 0.0541 e. The summed E-state index contributed by atoms with van der Waals surface area (Å²) in [5, 5.41) is 13.4. The van der Waals surface area contributed by atoms with E-state index in [-0.39, 0.29) is 6.10 Å². The highest BCUT2D eigenvalue weighted by molar-refractivity contribution is 5.35. The van der Waals surface area contributed by atoms with Gasteiger partial charge in [0.05, 0.1) is 6.10 Å². The Hall–Kier alpha value is -0.860. The fraction of sp³-hybridized carbons (Fsp3) is 0.625. The van der Waals surface area contributed by atoms with Gasteiger partial charge in [0.2, 0.25) is 0 Å². The van der Waals surface area contributed by atoms with Gasteiger partial charge in [-0.25, -0.2) is 0 Å². The fourth-order valence-corrected chi connectivity index (χ4v) is 3.55. The third kappa shape index (κ3) is 2.32. The maximum Gasteiger partial charge on any atom is 0.0541 e. The molecule has 1 fully saturated rings. The topological polar surface area (TPSA) is 32.3 Å². The zero-order chi connectivity index (χ0) is 12.5. The van der Waals surface area contributed by atoms with Crippen LogP contribution in [0.25, 0.3) is 0 Å². The number of hydrogen-bond acceptors (Lipinski definition) is 2. The summed E-state index contributed by atoms with van der Waals surface area (Å²) < 4.78 is 0. The van der Waals surface area contributed by atoms with Gasteiger partial charge in [-0.3, -0.25) is 0 Å². The van der Waals surface area contributed by atoms with Crippen molar-refractivity contribution in [1.29, 1.82) is 0 Å². The van der Waals surface area contributed by atoms with Crippen molar-refractivity contribution in [2.75, 3.05) is 0 Å². The highest BCUT2D eigenvalue weighted by Crippen LogP contribution is 2.36. The lowest BCUT2D eigenvalue weighted by atomic mass is 9.91. The molecule has 2 heteroatoms. The zero-order valence-corrected chi connectivity index (χ0v) is 11.1. The van der Waals surface area contributed by atoms with Crippen LogP contribution in [0, 0.1) is 5.92 Å². The van der Waals surface area contributed by atoms with Gasteiger partial charge in [-0.05, 0) is 49.1 Å². The molecule has 0 amide bonds. The maximum absolute atomic E-state index is 9.57. The minimum Gasteiger partial charge on any atom is -0.393 e. The third-order valence-electron chi connectivity index (χ3n) is 4.61. The van der Waals surface area contributed by atoms with Crippen LogP contribution in [0.15, 0.2) is 24.3 Å². The Morgan fingerprint density at radius 1 is 1.11 bits per heavy atom. The van der Waals surface area contributed by atoms with E-state index in [2.05, 4.69) is 36.5 Å². The number of benzene rings is 1. The molecule has 0 radical (unpaired) electrons. The van der Waals surface area contributed by atoms with Gasteiger partial charge in [-0.2, -0.15) is 0 Å². The first-order valence-electron chi connectivity index (χ1n) is 7.26. The third-order valence-corrected chi connectivity index (χ3v) is 4.61. The minimum atomic E-state index is -0.0589. The van der Waals surface area contributed by atoms with Gasteiger partial charge in [-0.15, -0.1) is 0 Å². The van der Waals surface area contributed by atoms with Crippen molar-refractivity contribution in [2.24, 2.45) is 5.92 Å². The van der Waals surface area contributed by atoms with Crippen LogP contribution in [0.5, 0.6) is 0 Å². The van der Waals surface area contributed by atoms with Crippen molar-refractivity contribution in [2.45, 2.75) is 57.2 Å².